The average molecular weight is 323 g/mol. The van der Waals surface area contributed by atoms with E-state index in [0.29, 0.717) is 6.17 Å². The molecule has 1 aliphatic heterocycles. The molecule has 3 nitrogen and oxygen atoms in total. The Hall–Kier alpha value is -0.670. The number of unbranched alkanes of at least 4 members (excludes halogenated alkanes) is 9. The maximum absolute atomic E-state index is 9.02. The Balaban J connectivity index is 1.86. The highest BCUT2D eigenvalue weighted by Crippen LogP contribution is 2.14. The average Bonchev–Trinajstić information content (AvgIpc) is 2.99. The summed E-state index contributed by atoms with van der Waals surface area (Å²) in [6.45, 7) is 4.17. The van der Waals surface area contributed by atoms with E-state index in [1.54, 1.807) is 0 Å². The Bertz CT molecular complexity index is 315. The van der Waals surface area contributed by atoms with Crippen LogP contribution >= 0.6 is 0 Å². The highest BCUT2D eigenvalue weighted by molar-refractivity contribution is 5.62. The molecular weight excluding hydrogens is 284 g/mol. The summed E-state index contributed by atoms with van der Waals surface area (Å²) in [7, 11) is 0. The topological polar surface area (TPSA) is 35.8 Å². The highest BCUT2D eigenvalue weighted by atomic mass is 16.3. The van der Waals surface area contributed by atoms with Gasteiger partial charge in [-0.1, -0.05) is 57.6 Å². The van der Waals surface area contributed by atoms with Crippen LogP contribution in [0.15, 0.2) is 17.1 Å². The molecule has 1 aliphatic rings. The maximum atomic E-state index is 9.02. The van der Waals surface area contributed by atoms with Gasteiger partial charge in [-0.3, -0.25) is 9.89 Å². The SMILES string of the molecule is CCCCCCCCC/C=C/CCCCC1N=CCN1CCO. The highest BCUT2D eigenvalue weighted by Gasteiger charge is 2.19. The molecule has 0 radical (unpaired) electrons. The van der Waals surface area contributed by atoms with Crippen LogP contribution in [0.5, 0.6) is 0 Å². The largest absolute Gasteiger partial charge is 0.395 e. The van der Waals surface area contributed by atoms with Crippen LogP contribution in [-0.4, -0.2) is 42.1 Å². The van der Waals surface area contributed by atoms with Crippen molar-refractivity contribution >= 4 is 6.21 Å². The van der Waals surface area contributed by atoms with Gasteiger partial charge in [0.25, 0.3) is 0 Å². The normalized spacial score (nSPS) is 18.4. The fraction of sp³-hybridized carbons (Fsp3) is 0.850. The first-order valence-electron chi connectivity index (χ1n) is 9.90. The predicted octanol–water partition coefficient (Wildman–Crippen LogP) is 4.95. The van der Waals surface area contributed by atoms with E-state index in [4.69, 9.17) is 5.11 Å². The minimum atomic E-state index is 0.237. The van der Waals surface area contributed by atoms with Gasteiger partial charge in [0.05, 0.1) is 6.61 Å². The van der Waals surface area contributed by atoms with Crippen molar-refractivity contribution in [3.05, 3.63) is 12.2 Å². The number of aliphatic hydroxyl groups excluding tert-OH is 1. The van der Waals surface area contributed by atoms with Crippen molar-refractivity contribution in [2.24, 2.45) is 4.99 Å². The van der Waals surface area contributed by atoms with Crippen LogP contribution < -0.4 is 0 Å². The number of β-amino-alcohol motifs (C(OH)–C–C–N with tert-alkyl or cyclic N) is 1. The first-order chi connectivity index (χ1) is 11.4. The van der Waals surface area contributed by atoms with Gasteiger partial charge < -0.3 is 5.11 Å². The molecule has 0 aromatic rings. The van der Waals surface area contributed by atoms with Crippen molar-refractivity contribution < 1.29 is 5.11 Å². The smallest absolute Gasteiger partial charge is 0.102 e. The van der Waals surface area contributed by atoms with Crippen LogP contribution in [0.3, 0.4) is 0 Å². The first kappa shape index (κ1) is 20.4. The standard InChI is InChI=1S/C20H38N2O/c1-2-3-4-5-6-7-8-9-10-11-12-13-14-15-20-21-16-17-22(20)18-19-23/h10-11,16,20,23H,2-9,12-15,17-19H2,1H3/b11-10+. The number of hydrogen-bond acceptors (Lipinski definition) is 3. The third-order valence-corrected chi connectivity index (χ3v) is 4.63. The second-order valence-corrected chi connectivity index (χ2v) is 6.70. The van der Waals surface area contributed by atoms with Crippen LogP contribution in [0, 0.1) is 0 Å². The molecule has 134 valence electrons. The van der Waals surface area contributed by atoms with Crippen molar-refractivity contribution in [1.29, 1.82) is 0 Å². The zero-order valence-corrected chi connectivity index (χ0v) is 15.3. The second kappa shape index (κ2) is 14.9. The van der Waals surface area contributed by atoms with Crippen molar-refractivity contribution in [2.45, 2.75) is 90.1 Å². The second-order valence-electron chi connectivity index (χ2n) is 6.70. The summed E-state index contributed by atoms with van der Waals surface area (Å²) in [5.41, 5.74) is 0. The minimum absolute atomic E-state index is 0.237. The van der Waals surface area contributed by atoms with Gasteiger partial charge in [-0.15, -0.1) is 0 Å². The van der Waals surface area contributed by atoms with E-state index in [1.165, 1.54) is 70.6 Å². The zero-order valence-electron chi connectivity index (χ0n) is 15.3. The van der Waals surface area contributed by atoms with Crippen molar-refractivity contribution in [3.8, 4) is 0 Å². The van der Waals surface area contributed by atoms with Crippen LogP contribution in [0.4, 0.5) is 0 Å². The summed E-state index contributed by atoms with van der Waals surface area (Å²) in [6, 6.07) is 0. The molecule has 23 heavy (non-hydrogen) atoms. The van der Waals surface area contributed by atoms with Gasteiger partial charge in [-0.25, -0.2) is 0 Å². The molecule has 3 heteroatoms. The molecule has 1 atom stereocenters. The number of aliphatic imine (C=N–C) groups is 1. The molecular formula is C20H38N2O. The Kier molecular flexibility index (Phi) is 13.2. The maximum Gasteiger partial charge on any atom is 0.102 e. The van der Waals surface area contributed by atoms with Gasteiger partial charge in [0, 0.05) is 19.3 Å². The monoisotopic (exact) mass is 322 g/mol. The van der Waals surface area contributed by atoms with Gasteiger partial charge in [0.2, 0.25) is 0 Å². The molecule has 0 amide bonds. The predicted molar refractivity (Wildman–Crippen MR) is 101 cm³/mol. The van der Waals surface area contributed by atoms with E-state index in [9.17, 15) is 0 Å². The van der Waals surface area contributed by atoms with Crippen molar-refractivity contribution in [3.63, 3.8) is 0 Å². The quantitative estimate of drug-likeness (QED) is 0.342. The van der Waals surface area contributed by atoms with Gasteiger partial charge in [-0.2, -0.15) is 0 Å². The summed E-state index contributed by atoms with van der Waals surface area (Å²) in [4.78, 5) is 6.76. The molecule has 0 saturated carbocycles. The Morgan fingerprint density at radius 2 is 1.65 bits per heavy atom. The summed E-state index contributed by atoms with van der Waals surface area (Å²) >= 11 is 0. The number of allylic oxidation sites excluding steroid dienone is 2. The molecule has 0 bridgehead atoms. The number of rotatable bonds is 15. The summed E-state index contributed by atoms with van der Waals surface area (Å²) in [5.74, 6) is 0. The molecule has 0 aliphatic carbocycles. The molecule has 0 fully saturated rings. The zero-order chi connectivity index (χ0) is 16.6. The van der Waals surface area contributed by atoms with E-state index in [-0.39, 0.29) is 6.61 Å². The fourth-order valence-corrected chi connectivity index (χ4v) is 3.16. The third kappa shape index (κ3) is 10.7. The van der Waals surface area contributed by atoms with Gasteiger partial charge in [0.1, 0.15) is 6.17 Å². The van der Waals surface area contributed by atoms with Gasteiger partial charge in [0.15, 0.2) is 0 Å². The molecule has 0 spiro atoms. The molecule has 1 heterocycles. The lowest BCUT2D eigenvalue weighted by molar-refractivity contribution is 0.176. The molecule has 0 aromatic carbocycles. The molecule has 0 saturated heterocycles. The summed E-state index contributed by atoms with van der Waals surface area (Å²) in [5, 5.41) is 9.02. The number of aliphatic hydroxyl groups is 1. The summed E-state index contributed by atoms with van der Waals surface area (Å²) in [6.07, 6.45) is 22.9. The van der Waals surface area contributed by atoms with Gasteiger partial charge >= 0.3 is 0 Å². The minimum Gasteiger partial charge on any atom is -0.395 e. The van der Waals surface area contributed by atoms with Crippen LogP contribution in [0.25, 0.3) is 0 Å². The lowest BCUT2D eigenvalue weighted by atomic mass is 10.1. The van der Waals surface area contributed by atoms with E-state index in [2.05, 4.69) is 29.0 Å². The molecule has 1 rings (SSSR count). The Morgan fingerprint density at radius 1 is 1.00 bits per heavy atom. The Morgan fingerprint density at radius 3 is 2.35 bits per heavy atom. The summed E-state index contributed by atoms with van der Waals surface area (Å²) < 4.78 is 0. The lowest BCUT2D eigenvalue weighted by Crippen LogP contribution is -2.32. The van der Waals surface area contributed by atoms with Crippen molar-refractivity contribution in [2.75, 3.05) is 19.7 Å². The van der Waals surface area contributed by atoms with E-state index in [1.807, 2.05) is 6.21 Å². The van der Waals surface area contributed by atoms with E-state index >= 15 is 0 Å². The third-order valence-electron chi connectivity index (χ3n) is 4.63. The molecule has 1 unspecified atom stereocenters. The van der Waals surface area contributed by atoms with Crippen LogP contribution in [0.1, 0.15) is 84.0 Å². The van der Waals surface area contributed by atoms with E-state index < -0.39 is 0 Å². The fourth-order valence-electron chi connectivity index (χ4n) is 3.16. The molecule has 1 N–H and O–H groups in total. The first-order valence-corrected chi connectivity index (χ1v) is 9.90. The van der Waals surface area contributed by atoms with Crippen LogP contribution in [0.2, 0.25) is 0 Å². The van der Waals surface area contributed by atoms with Gasteiger partial charge in [-0.05, 0) is 38.5 Å². The lowest BCUT2D eigenvalue weighted by Gasteiger charge is -2.21. The number of nitrogens with zero attached hydrogens (tertiary/aromatic N) is 2. The van der Waals surface area contributed by atoms with Crippen molar-refractivity contribution in [1.82, 2.24) is 4.90 Å². The molecule has 0 aromatic heterocycles. The van der Waals surface area contributed by atoms with Crippen LogP contribution in [-0.2, 0) is 0 Å². The van der Waals surface area contributed by atoms with E-state index in [0.717, 1.165) is 19.5 Å². The number of hydrogen-bond donors (Lipinski definition) is 1. The Labute approximate surface area is 143 Å².